The molecule has 1 atom stereocenters. The molecule has 0 saturated carbocycles. The first-order valence-electron chi connectivity index (χ1n) is 7.51. The van der Waals surface area contributed by atoms with Crippen LogP contribution in [0, 0.1) is 12.8 Å². The Hall–Kier alpha value is -2.80. The van der Waals surface area contributed by atoms with Gasteiger partial charge in [-0.2, -0.15) is 0 Å². The molecule has 0 bridgehead atoms. The molecule has 1 heterocycles. The largest absolute Gasteiger partial charge is 0.335 e. The number of hydrogen-bond acceptors (Lipinski definition) is 4. The van der Waals surface area contributed by atoms with Gasteiger partial charge in [0.15, 0.2) is 5.92 Å². The number of aliphatic imine (C=N–C) groups is 1. The van der Waals surface area contributed by atoms with E-state index in [1.807, 2.05) is 25.1 Å². The van der Waals surface area contributed by atoms with Gasteiger partial charge in [0, 0.05) is 10.7 Å². The zero-order valence-corrected chi connectivity index (χ0v) is 14.9. The number of nitrogens with zero attached hydrogens (tertiary/aromatic N) is 2. The van der Waals surface area contributed by atoms with E-state index in [-0.39, 0.29) is 0 Å². The van der Waals surface area contributed by atoms with E-state index < -0.39 is 23.8 Å². The van der Waals surface area contributed by atoms with Gasteiger partial charge in [0.25, 0.3) is 5.91 Å². The highest BCUT2D eigenvalue weighted by atomic mass is 79.9. The number of rotatable bonds is 3. The van der Waals surface area contributed by atoms with Crippen molar-refractivity contribution >= 4 is 51.4 Å². The second-order valence-corrected chi connectivity index (χ2v) is 6.45. The highest BCUT2D eigenvalue weighted by Gasteiger charge is 2.40. The van der Waals surface area contributed by atoms with Crippen molar-refractivity contribution in [3.63, 3.8) is 0 Å². The first-order chi connectivity index (χ1) is 12.0. The van der Waals surface area contributed by atoms with Gasteiger partial charge in [-0.1, -0.05) is 28.1 Å². The summed E-state index contributed by atoms with van der Waals surface area (Å²) < 4.78 is 0.815. The smallest absolute Gasteiger partial charge is 0.276 e. The summed E-state index contributed by atoms with van der Waals surface area (Å²) >= 11 is 3.30. The van der Waals surface area contributed by atoms with Crippen LogP contribution in [-0.4, -0.2) is 24.1 Å². The highest BCUT2D eigenvalue weighted by Crippen LogP contribution is 2.23. The molecule has 0 unspecified atom stereocenters. The van der Waals surface area contributed by atoms with Crippen molar-refractivity contribution in [1.82, 2.24) is 5.32 Å². The minimum Gasteiger partial charge on any atom is -0.276 e. The maximum Gasteiger partial charge on any atom is 0.335 e. The molecular weight excluding hydrogens is 386 g/mol. The fourth-order valence-electron chi connectivity index (χ4n) is 2.43. The number of amides is 4. The lowest BCUT2D eigenvalue weighted by molar-refractivity contribution is -0.131. The number of urea groups is 1. The summed E-state index contributed by atoms with van der Waals surface area (Å²) in [6, 6.07) is 13.2. The third-order valence-electron chi connectivity index (χ3n) is 3.66. The van der Waals surface area contributed by atoms with Crippen molar-refractivity contribution < 1.29 is 14.4 Å². The van der Waals surface area contributed by atoms with Gasteiger partial charge in [0.1, 0.15) is 0 Å². The van der Waals surface area contributed by atoms with Crippen molar-refractivity contribution in [2.24, 2.45) is 10.9 Å². The van der Waals surface area contributed by atoms with Gasteiger partial charge in [-0.3, -0.25) is 19.9 Å². The predicted octanol–water partition coefficient (Wildman–Crippen LogP) is 3.36. The third kappa shape index (κ3) is 3.66. The molecular formula is C18H14BrN3O3. The van der Waals surface area contributed by atoms with Crippen LogP contribution in [-0.2, 0) is 9.59 Å². The van der Waals surface area contributed by atoms with Crippen LogP contribution in [0.25, 0.3) is 0 Å². The summed E-state index contributed by atoms with van der Waals surface area (Å²) in [5.74, 6) is -2.48. The van der Waals surface area contributed by atoms with Crippen molar-refractivity contribution in [3.05, 3.63) is 58.6 Å². The number of carbonyl (C=O) groups is 3. The lowest BCUT2D eigenvalue weighted by Crippen LogP contribution is -2.58. The minimum absolute atomic E-state index is 0.382. The molecule has 1 fully saturated rings. The molecule has 1 saturated heterocycles. The molecule has 126 valence electrons. The fourth-order valence-corrected chi connectivity index (χ4v) is 2.69. The Bertz CT molecular complexity index is 877. The lowest BCUT2D eigenvalue weighted by Gasteiger charge is -2.28. The Morgan fingerprint density at radius 2 is 1.84 bits per heavy atom. The van der Waals surface area contributed by atoms with Gasteiger partial charge in [0.2, 0.25) is 5.91 Å². The van der Waals surface area contributed by atoms with Crippen LogP contribution in [0.2, 0.25) is 0 Å². The molecule has 1 aliphatic heterocycles. The number of barbiturate groups is 1. The monoisotopic (exact) mass is 399 g/mol. The highest BCUT2D eigenvalue weighted by molar-refractivity contribution is 9.10. The van der Waals surface area contributed by atoms with Gasteiger partial charge in [-0.05, 0) is 48.9 Å². The number of nitrogens with one attached hydrogen (secondary N) is 1. The maximum atomic E-state index is 12.7. The molecule has 1 aliphatic rings. The average molecular weight is 400 g/mol. The quantitative estimate of drug-likeness (QED) is 0.634. The molecule has 7 heteroatoms. The summed E-state index contributed by atoms with van der Waals surface area (Å²) in [5, 5.41) is 2.19. The van der Waals surface area contributed by atoms with Crippen molar-refractivity contribution in [2.75, 3.05) is 4.90 Å². The number of halogens is 1. The van der Waals surface area contributed by atoms with E-state index in [1.54, 1.807) is 30.3 Å². The molecule has 1 N–H and O–H groups in total. The molecule has 2 aromatic carbocycles. The number of carbonyl (C=O) groups excluding carboxylic acids is 3. The Labute approximate surface area is 152 Å². The Kier molecular flexibility index (Phi) is 4.76. The maximum absolute atomic E-state index is 12.7. The zero-order valence-electron chi connectivity index (χ0n) is 13.3. The third-order valence-corrected chi connectivity index (χ3v) is 4.19. The number of benzene rings is 2. The Morgan fingerprint density at radius 1 is 1.12 bits per heavy atom. The second kappa shape index (κ2) is 6.98. The number of aryl methyl sites for hydroxylation is 1. The van der Waals surface area contributed by atoms with Crippen molar-refractivity contribution in [3.8, 4) is 0 Å². The van der Waals surface area contributed by atoms with Crippen LogP contribution in [0.5, 0.6) is 0 Å². The van der Waals surface area contributed by atoms with Crippen molar-refractivity contribution in [2.45, 2.75) is 6.92 Å². The lowest BCUT2D eigenvalue weighted by atomic mass is 10.1. The summed E-state index contributed by atoms with van der Waals surface area (Å²) in [6.07, 6.45) is 1.27. The number of hydrogen-bond donors (Lipinski definition) is 1. The average Bonchev–Trinajstić information content (AvgIpc) is 2.56. The van der Waals surface area contributed by atoms with Crippen LogP contribution < -0.4 is 10.2 Å². The van der Waals surface area contributed by atoms with E-state index in [9.17, 15) is 14.4 Å². The van der Waals surface area contributed by atoms with E-state index in [0.29, 0.717) is 11.4 Å². The molecule has 0 radical (unpaired) electrons. The molecule has 6 nitrogen and oxygen atoms in total. The number of anilines is 1. The van der Waals surface area contributed by atoms with Crippen LogP contribution in [0.1, 0.15) is 5.56 Å². The SMILES string of the molecule is Cc1cccc(N=C[C@@H]2C(=O)NC(=O)N(c3ccc(Br)cc3)C2=O)c1. The van der Waals surface area contributed by atoms with E-state index in [4.69, 9.17) is 0 Å². The zero-order chi connectivity index (χ0) is 18.0. The summed E-state index contributed by atoms with van der Waals surface area (Å²) in [6.45, 7) is 1.92. The Morgan fingerprint density at radius 3 is 2.52 bits per heavy atom. The predicted molar refractivity (Wildman–Crippen MR) is 98.0 cm³/mol. The summed E-state index contributed by atoms with van der Waals surface area (Å²) in [5.41, 5.74) is 2.03. The van der Waals surface area contributed by atoms with Gasteiger partial charge >= 0.3 is 6.03 Å². The van der Waals surface area contributed by atoms with Crippen molar-refractivity contribution in [1.29, 1.82) is 0 Å². The fraction of sp³-hybridized carbons (Fsp3) is 0.111. The van der Waals surface area contributed by atoms with Crippen LogP contribution in [0.15, 0.2) is 58.0 Å². The van der Waals surface area contributed by atoms with Crippen LogP contribution >= 0.6 is 15.9 Å². The molecule has 25 heavy (non-hydrogen) atoms. The topological polar surface area (TPSA) is 78.8 Å². The molecule has 4 amide bonds. The van der Waals surface area contributed by atoms with Crippen LogP contribution in [0.4, 0.5) is 16.2 Å². The van der Waals surface area contributed by atoms with Gasteiger partial charge in [-0.15, -0.1) is 0 Å². The number of imide groups is 2. The van der Waals surface area contributed by atoms with E-state index in [2.05, 4.69) is 26.2 Å². The van der Waals surface area contributed by atoms with Gasteiger partial charge in [-0.25, -0.2) is 9.69 Å². The normalized spacial score (nSPS) is 17.9. The molecule has 2 aromatic rings. The first-order valence-corrected chi connectivity index (χ1v) is 8.30. The summed E-state index contributed by atoms with van der Waals surface area (Å²) in [7, 11) is 0. The van der Waals surface area contributed by atoms with E-state index >= 15 is 0 Å². The molecule has 0 aliphatic carbocycles. The first kappa shape index (κ1) is 17.0. The van der Waals surface area contributed by atoms with Crippen LogP contribution in [0.3, 0.4) is 0 Å². The second-order valence-electron chi connectivity index (χ2n) is 5.54. The van der Waals surface area contributed by atoms with Gasteiger partial charge < -0.3 is 0 Å². The molecule has 3 rings (SSSR count). The molecule has 0 aromatic heterocycles. The molecule has 0 spiro atoms. The summed E-state index contributed by atoms with van der Waals surface area (Å²) in [4.78, 5) is 42.0. The van der Waals surface area contributed by atoms with E-state index in [0.717, 1.165) is 14.9 Å². The minimum atomic E-state index is -1.16. The van der Waals surface area contributed by atoms with E-state index in [1.165, 1.54) is 6.21 Å². The standard InChI is InChI=1S/C18H14BrN3O3/c1-11-3-2-4-13(9-11)20-10-15-16(23)21-18(25)22(17(15)24)14-7-5-12(19)6-8-14/h2-10,15H,1H3,(H,21,23,25)/t15-/m1/s1. The van der Waals surface area contributed by atoms with Gasteiger partial charge in [0.05, 0.1) is 11.4 Å². The Balaban J connectivity index is 1.89.